The van der Waals surface area contributed by atoms with Crippen LogP contribution in [0.4, 0.5) is 0 Å². The molecule has 0 aliphatic carbocycles. The smallest absolute Gasteiger partial charge is 0.233 e. The van der Waals surface area contributed by atoms with Crippen LogP contribution in [0.3, 0.4) is 0 Å². The zero-order valence-electron chi connectivity index (χ0n) is 11.4. The molecule has 0 bridgehead atoms. The van der Waals surface area contributed by atoms with Crippen molar-refractivity contribution >= 4 is 5.91 Å². The molecule has 0 aromatic rings. The Balaban J connectivity index is 4.04. The number of ether oxygens (including phenoxy) is 1. The van der Waals surface area contributed by atoms with Crippen LogP contribution in [-0.2, 0) is 9.53 Å². The SMILES string of the molecule is CCC(CC)N(CCCC(=O)NN)CCOC. The summed E-state index contributed by atoms with van der Waals surface area (Å²) in [6.45, 7) is 6.97. The summed E-state index contributed by atoms with van der Waals surface area (Å²) >= 11 is 0. The van der Waals surface area contributed by atoms with Crippen LogP contribution in [0, 0.1) is 0 Å². The van der Waals surface area contributed by atoms with E-state index in [1.54, 1.807) is 7.11 Å². The van der Waals surface area contributed by atoms with Crippen LogP contribution >= 0.6 is 0 Å². The molecule has 0 saturated heterocycles. The zero-order valence-corrected chi connectivity index (χ0v) is 11.4. The van der Waals surface area contributed by atoms with Gasteiger partial charge in [-0.2, -0.15) is 0 Å². The lowest BCUT2D eigenvalue weighted by molar-refractivity contribution is -0.121. The van der Waals surface area contributed by atoms with Crippen LogP contribution in [0.2, 0.25) is 0 Å². The van der Waals surface area contributed by atoms with Gasteiger partial charge in [0.1, 0.15) is 0 Å². The third-order valence-corrected chi connectivity index (χ3v) is 3.05. The van der Waals surface area contributed by atoms with Crippen molar-refractivity contribution in [1.82, 2.24) is 10.3 Å². The summed E-state index contributed by atoms with van der Waals surface area (Å²) in [6, 6.07) is 0.575. The average Bonchev–Trinajstić information content (AvgIpc) is 2.36. The van der Waals surface area contributed by atoms with Crippen LogP contribution in [-0.4, -0.2) is 43.7 Å². The van der Waals surface area contributed by atoms with Crippen LogP contribution in [0.25, 0.3) is 0 Å². The van der Waals surface area contributed by atoms with E-state index in [4.69, 9.17) is 10.6 Å². The first-order valence-electron chi connectivity index (χ1n) is 6.41. The largest absolute Gasteiger partial charge is 0.383 e. The minimum absolute atomic E-state index is 0.0961. The Morgan fingerprint density at radius 3 is 2.47 bits per heavy atom. The highest BCUT2D eigenvalue weighted by molar-refractivity contribution is 5.75. The van der Waals surface area contributed by atoms with Crippen molar-refractivity contribution in [3.63, 3.8) is 0 Å². The number of hydrogen-bond donors (Lipinski definition) is 2. The minimum Gasteiger partial charge on any atom is -0.383 e. The summed E-state index contributed by atoms with van der Waals surface area (Å²) < 4.78 is 5.12. The summed E-state index contributed by atoms with van der Waals surface area (Å²) in [7, 11) is 1.72. The lowest BCUT2D eigenvalue weighted by Crippen LogP contribution is -2.38. The molecule has 0 saturated carbocycles. The van der Waals surface area contributed by atoms with E-state index in [9.17, 15) is 4.79 Å². The molecule has 0 rings (SSSR count). The molecule has 1 amide bonds. The Bertz CT molecular complexity index is 196. The lowest BCUT2D eigenvalue weighted by Gasteiger charge is -2.30. The molecule has 5 heteroatoms. The van der Waals surface area contributed by atoms with Gasteiger partial charge in [0.15, 0.2) is 0 Å². The van der Waals surface area contributed by atoms with Gasteiger partial charge in [-0.1, -0.05) is 13.8 Å². The standard InChI is InChI=1S/C12H27N3O2/c1-4-11(5-2)15(9-10-17-3)8-6-7-12(16)14-13/h11H,4-10,13H2,1-3H3,(H,14,16). The van der Waals surface area contributed by atoms with Gasteiger partial charge in [0.25, 0.3) is 0 Å². The summed E-state index contributed by atoms with van der Waals surface area (Å²) in [6.07, 6.45) is 3.58. The molecule has 0 heterocycles. The summed E-state index contributed by atoms with van der Waals surface area (Å²) in [5, 5.41) is 0. The average molecular weight is 245 g/mol. The normalized spacial score (nSPS) is 11.2. The molecule has 0 unspecified atom stereocenters. The van der Waals surface area contributed by atoms with Gasteiger partial charge in [-0.3, -0.25) is 15.1 Å². The first-order chi connectivity index (χ1) is 8.19. The van der Waals surface area contributed by atoms with Crippen molar-refractivity contribution in [3.05, 3.63) is 0 Å². The highest BCUT2D eigenvalue weighted by Gasteiger charge is 2.14. The van der Waals surface area contributed by atoms with Crippen LogP contribution in [0.1, 0.15) is 39.5 Å². The fourth-order valence-electron chi connectivity index (χ4n) is 2.01. The predicted octanol–water partition coefficient (Wildman–Crippen LogP) is 0.894. The first kappa shape index (κ1) is 16.4. The second-order valence-corrected chi connectivity index (χ2v) is 4.17. The van der Waals surface area contributed by atoms with Crippen molar-refractivity contribution in [2.45, 2.75) is 45.6 Å². The third kappa shape index (κ3) is 7.31. The Kier molecular flexibility index (Phi) is 10.1. The van der Waals surface area contributed by atoms with Gasteiger partial charge in [-0.25, -0.2) is 5.84 Å². The summed E-state index contributed by atoms with van der Waals surface area (Å²) in [4.78, 5) is 13.4. The number of methoxy groups -OCH3 is 1. The summed E-state index contributed by atoms with van der Waals surface area (Å²) in [5.41, 5.74) is 2.16. The molecule has 0 fully saturated rings. The van der Waals surface area contributed by atoms with Gasteiger partial charge < -0.3 is 4.74 Å². The molecule has 0 aromatic heterocycles. The maximum Gasteiger partial charge on any atom is 0.233 e. The molecule has 0 spiro atoms. The molecule has 5 nitrogen and oxygen atoms in total. The van der Waals surface area contributed by atoms with Crippen LogP contribution < -0.4 is 11.3 Å². The van der Waals surface area contributed by atoms with Gasteiger partial charge >= 0.3 is 0 Å². The quantitative estimate of drug-likeness (QED) is 0.341. The molecule has 0 atom stereocenters. The van der Waals surface area contributed by atoms with E-state index in [1.807, 2.05) is 0 Å². The number of carbonyl (C=O) groups excluding carboxylic acids is 1. The number of nitrogens with zero attached hydrogens (tertiary/aromatic N) is 1. The molecule has 17 heavy (non-hydrogen) atoms. The third-order valence-electron chi connectivity index (χ3n) is 3.05. The number of carbonyl (C=O) groups is 1. The van der Waals surface area contributed by atoms with Gasteiger partial charge in [-0.05, 0) is 25.8 Å². The maximum absolute atomic E-state index is 11.0. The van der Waals surface area contributed by atoms with E-state index in [0.29, 0.717) is 12.5 Å². The van der Waals surface area contributed by atoms with E-state index < -0.39 is 0 Å². The van der Waals surface area contributed by atoms with E-state index in [0.717, 1.165) is 39.0 Å². The van der Waals surface area contributed by atoms with Gasteiger partial charge in [0.2, 0.25) is 5.91 Å². The highest BCUT2D eigenvalue weighted by Crippen LogP contribution is 2.09. The number of hydrogen-bond acceptors (Lipinski definition) is 4. The molecule has 102 valence electrons. The number of nitrogens with two attached hydrogens (primary N) is 1. The second kappa shape index (κ2) is 10.5. The Morgan fingerprint density at radius 2 is 2.00 bits per heavy atom. The van der Waals surface area contributed by atoms with Crippen LogP contribution in [0.5, 0.6) is 0 Å². The molecule has 0 aliphatic heterocycles. The molecule has 0 aliphatic rings. The monoisotopic (exact) mass is 245 g/mol. The van der Waals surface area contributed by atoms with E-state index in [1.165, 1.54) is 0 Å². The van der Waals surface area contributed by atoms with Crippen molar-refractivity contribution < 1.29 is 9.53 Å². The zero-order chi connectivity index (χ0) is 13.1. The number of hydrazine groups is 1. The maximum atomic E-state index is 11.0. The van der Waals surface area contributed by atoms with Gasteiger partial charge in [-0.15, -0.1) is 0 Å². The van der Waals surface area contributed by atoms with E-state index in [-0.39, 0.29) is 5.91 Å². The van der Waals surface area contributed by atoms with E-state index >= 15 is 0 Å². The number of nitrogens with one attached hydrogen (secondary N) is 1. The van der Waals surface area contributed by atoms with Crippen LogP contribution in [0.15, 0.2) is 0 Å². The fraction of sp³-hybridized carbons (Fsp3) is 0.917. The highest BCUT2D eigenvalue weighted by atomic mass is 16.5. The molecular weight excluding hydrogens is 218 g/mol. The molecule has 3 N–H and O–H groups in total. The number of rotatable bonds is 10. The lowest BCUT2D eigenvalue weighted by atomic mass is 10.1. The second-order valence-electron chi connectivity index (χ2n) is 4.17. The first-order valence-corrected chi connectivity index (χ1v) is 6.41. The summed E-state index contributed by atoms with van der Waals surface area (Å²) in [5.74, 6) is 4.95. The van der Waals surface area contributed by atoms with Crippen molar-refractivity contribution in [3.8, 4) is 0 Å². The molecule has 0 radical (unpaired) electrons. The topological polar surface area (TPSA) is 67.6 Å². The van der Waals surface area contributed by atoms with Gasteiger partial charge in [0.05, 0.1) is 6.61 Å². The predicted molar refractivity (Wildman–Crippen MR) is 69.4 cm³/mol. The Labute approximate surface area is 105 Å². The molecular formula is C12H27N3O2. The van der Waals surface area contributed by atoms with Crippen molar-refractivity contribution in [2.75, 3.05) is 26.8 Å². The Morgan fingerprint density at radius 1 is 1.35 bits per heavy atom. The van der Waals surface area contributed by atoms with Gasteiger partial charge in [0, 0.05) is 26.1 Å². The van der Waals surface area contributed by atoms with Crippen molar-refractivity contribution in [1.29, 1.82) is 0 Å². The molecule has 0 aromatic carbocycles. The number of amides is 1. The van der Waals surface area contributed by atoms with Crippen molar-refractivity contribution in [2.24, 2.45) is 5.84 Å². The van der Waals surface area contributed by atoms with E-state index in [2.05, 4.69) is 24.2 Å². The minimum atomic E-state index is -0.0961. The Hall–Kier alpha value is -0.650. The fourth-order valence-corrected chi connectivity index (χ4v) is 2.01.